The van der Waals surface area contributed by atoms with Gasteiger partial charge in [-0.15, -0.1) is 0 Å². The van der Waals surface area contributed by atoms with E-state index in [1.807, 2.05) is 0 Å². The number of benzene rings is 1. The summed E-state index contributed by atoms with van der Waals surface area (Å²) in [5.41, 5.74) is 1.83. The van der Waals surface area contributed by atoms with Crippen molar-refractivity contribution in [1.82, 2.24) is 0 Å². The van der Waals surface area contributed by atoms with Gasteiger partial charge < -0.3 is 9.64 Å². The molecule has 1 saturated heterocycles. The van der Waals surface area contributed by atoms with E-state index in [0.29, 0.717) is 32.1 Å². The van der Waals surface area contributed by atoms with Gasteiger partial charge in [-0.2, -0.15) is 0 Å². The monoisotopic (exact) mass is 276 g/mol. The Morgan fingerprint density at radius 2 is 2.10 bits per heavy atom. The third-order valence-electron chi connectivity index (χ3n) is 3.75. The highest BCUT2D eigenvalue weighted by atomic mass is 16.6. The molecule has 0 N–H and O–H groups in total. The number of hydrogen-bond donors (Lipinski definition) is 0. The van der Waals surface area contributed by atoms with E-state index in [9.17, 15) is 14.9 Å². The molecule has 0 atom stereocenters. The van der Waals surface area contributed by atoms with Gasteiger partial charge in [0.2, 0.25) is 5.91 Å². The molecule has 106 valence electrons. The Labute approximate surface area is 116 Å². The van der Waals surface area contributed by atoms with E-state index in [1.165, 1.54) is 6.07 Å². The average Bonchev–Trinajstić information content (AvgIpc) is 3.25. The van der Waals surface area contributed by atoms with Gasteiger partial charge in [0.15, 0.2) is 0 Å². The second-order valence-corrected chi connectivity index (χ2v) is 5.18. The maximum absolute atomic E-state index is 12.1. The molecule has 0 spiro atoms. The minimum absolute atomic E-state index is 0.0262. The lowest BCUT2D eigenvalue weighted by Gasteiger charge is -2.23. The third kappa shape index (κ3) is 2.51. The molecule has 0 radical (unpaired) electrons. The molecule has 1 amide bonds. The molecule has 0 bridgehead atoms. The Morgan fingerprint density at radius 1 is 1.30 bits per heavy atom. The summed E-state index contributed by atoms with van der Waals surface area (Å²) in [7, 11) is 0. The number of non-ortho nitro benzene ring substituents is 1. The van der Waals surface area contributed by atoms with Crippen LogP contribution in [0.1, 0.15) is 30.7 Å². The molecule has 1 aromatic carbocycles. The summed E-state index contributed by atoms with van der Waals surface area (Å²) < 4.78 is 5.32. The van der Waals surface area contributed by atoms with Crippen LogP contribution in [0.4, 0.5) is 11.4 Å². The van der Waals surface area contributed by atoms with Crippen molar-refractivity contribution >= 4 is 17.3 Å². The van der Waals surface area contributed by atoms with Crippen LogP contribution in [0.15, 0.2) is 18.2 Å². The van der Waals surface area contributed by atoms with Crippen molar-refractivity contribution in [3.63, 3.8) is 0 Å². The van der Waals surface area contributed by atoms with Crippen LogP contribution in [0.3, 0.4) is 0 Å². The van der Waals surface area contributed by atoms with Gasteiger partial charge in [-0.1, -0.05) is 0 Å². The van der Waals surface area contributed by atoms with Gasteiger partial charge in [-0.05, 0) is 30.4 Å². The second kappa shape index (κ2) is 5.20. The quantitative estimate of drug-likeness (QED) is 0.627. The number of nitrogens with zero attached hydrogens (tertiary/aromatic N) is 2. The van der Waals surface area contributed by atoms with Crippen LogP contribution < -0.4 is 4.90 Å². The van der Waals surface area contributed by atoms with Crippen molar-refractivity contribution in [2.45, 2.75) is 25.2 Å². The first-order chi connectivity index (χ1) is 9.66. The van der Waals surface area contributed by atoms with Crippen molar-refractivity contribution in [2.75, 3.05) is 24.7 Å². The summed E-state index contributed by atoms with van der Waals surface area (Å²) in [4.78, 5) is 24.4. The third-order valence-corrected chi connectivity index (χ3v) is 3.75. The Morgan fingerprint density at radius 3 is 2.80 bits per heavy atom. The standard InChI is InChI=1S/C14H16N2O4/c17-14-5-7-20-8-6-15(14)13-4-3-11(16(18)19)9-12(13)10-1-2-10/h3-4,9-10H,1-2,5-8H2. The zero-order valence-electron chi connectivity index (χ0n) is 11.1. The fraction of sp³-hybridized carbons (Fsp3) is 0.500. The molecular formula is C14H16N2O4. The topological polar surface area (TPSA) is 72.7 Å². The number of carbonyl (C=O) groups is 1. The van der Waals surface area contributed by atoms with E-state index in [4.69, 9.17) is 4.74 Å². The van der Waals surface area contributed by atoms with Crippen LogP contribution in [0.5, 0.6) is 0 Å². The summed E-state index contributed by atoms with van der Waals surface area (Å²) in [6.07, 6.45) is 2.43. The Balaban J connectivity index is 1.98. The number of carbonyl (C=O) groups excluding carboxylic acids is 1. The maximum atomic E-state index is 12.1. The van der Waals surface area contributed by atoms with Gasteiger partial charge in [0.25, 0.3) is 5.69 Å². The molecule has 1 aromatic rings. The molecular weight excluding hydrogens is 260 g/mol. The molecule has 6 nitrogen and oxygen atoms in total. The summed E-state index contributed by atoms with van der Waals surface area (Å²) in [5.74, 6) is 0.375. The lowest BCUT2D eigenvalue weighted by molar-refractivity contribution is -0.384. The van der Waals surface area contributed by atoms with E-state index >= 15 is 0 Å². The fourth-order valence-electron chi connectivity index (χ4n) is 2.55. The lowest BCUT2D eigenvalue weighted by atomic mass is 10.1. The maximum Gasteiger partial charge on any atom is 0.269 e. The average molecular weight is 276 g/mol. The molecule has 20 heavy (non-hydrogen) atoms. The second-order valence-electron chi connectivity index (χ2n) is 5.18. The highest BCUT2D eigenvalue weighted by Gasteiger charge is 2.31. The summed E-state index contributed by atoms with van der Waals surface area (Å²) in [6, 6.07) is 4.79. The Kier molecular flexibility index (Phi) is 3.40. The van der Waals surface area contributed by atoms with Crippen molar-refractivity contribution < 1.29 is 14.5 Å². The number of anilines is 1. The SMILES string of the molecule is O=C1CCOCCN1c1ccc([N+](=O)[O-])cc1C1CC1. The molecule has 0 unspecified atom stereocenters. The van der Waals surface area contributed by atoms with Gasteiger partial charge in [0.1, 0.15) is 0 Å². The first kappa shape index (κ1) is 13.1. The number of ether oxygens (including phenoxy) is 1. The predicted octanol–water partition coefficient (Wildman–Crippen LogP) is 2.23. The Bertz CT molecular complexity index is 554. The summed E-state index contributed by atoms with van der Waals surface area (Å²) in [6.45, 7) is 1.46. The molecule has 2 aliphatic rings. The van der Waals surface area contributed by atoms with Crippen LogP contribution in [0.25, 0.3) is 0 Å². The minimum atomic E-state index is -0.386. The summed E-state index contributed by atoms with van der Waals surface area (Å²) in [5, 5.41) is 10.9. The van der Waals surface area contributed by atoms with Gasteiger partial charge >= 0.3 is 0 Å². The number of nitro groups is 1. The van der Waals surface area contributed by atoms with Gasteiger partial charge in [-0.25, -0.2) is 0 Å². The lowest BCUT2D eigenvalue weighted by Crippen LogP contribution is -2.32. The van der Waals surface area contributed by atoms with E-state index in [2.05, 4.69) is 0 Å². The van der Waals surface area contributed by atoms with Gasteiger partial charge in [0.05, 0.1) is 24.6 Å². The predicted molar refractivity (Wildman–Crippen MR) is 72.9 cm³/mol. The van der Waals surface area contributed by atoms with Crippen LogP contribution in [0, 0.1) is 10.1 Å². The number of hydrogen-bond acceptors (Lipinski definition) is 4. The van der Waals surface area contributed by atoms with E-state index in [0.717, 1.165) is 24.1 Å². The molecule has 2 fully saturated rings. The largest absolute Gasteiger partial charge is 0.379 e. The first-order valence-electron chi connectivity index (χ1n) is 6.83. The summed E-state index contributed by atoms with van der Waals surface area (Å²) >= 11 is 0. The number of rotatable bonds is 3. The van der Waals surface area contributed by atoms with E-state index in [-0.39, 0.29) is 16.5 Å². The van der Waals surface area contributed by atoms with Crippen molar-refractivity contribution in [3.05, 3.63) is 33.9 Å². The fourth-order valence-corrected chi connectivity index (χ4v) is 2.55. The van der Waals surface area contributed by atoms with Crippen LogP contribution in [0.2, 0.25) is 0 Å². The highest BCUT2D eigenvalue weighted by Crippen LogP contribution is 2.45. The zero-order chi connectivity index (χ0) is 14.1. The smallest absolute Gasteiger partial charge is 0.269 e. The van der Waals surface area contributed by atoms with Crippen molar-refractivity contribution in [3.8, 4) is 0 Å². The zero-order valence-corrected chi connectivity index (χ0v) is 11.1. The van der Waals surface area contributed by atoms with Gasteiger partial charge in [0, 0.05) is 24.4 Å². The Hall–Kier alpha value is -1.95. The number of nitro benzene ring substituents is 1. The molecule has 1 heterocycles. The molecule has 1 aliphatic heterocycles. The molecule has 0 aromatic heterocycles. The van der Waals surface area contributed by atoms with Crippen LogP contribution in [-0.4, -0.2) is 30.6 Å². The molecule has 6 heteroatoms. The molecule has 3 rings (SSSR count). The van der Waals surface area contributed by atoms with E-state index < -0.39 is 0 Å². The van der Waals surface area contributed by atoms with E-state index in [1.54, 1.807) is 17.0 Å². The highest BCUT2D eigenvalue weighted by molar-refractivity contribution is 5.94. The molecule has 1 aliphatic carbocycles. The van der Waals surface area contributed by atoms with Crippen molar-refractivity contribution in [2.24, 2.45) is 0 Å². The normalized spacial score (nSPS) is 19.8. The minimum Gasteiger partial charge on any atom is -0.379 e. The van der Waals surface area contributed by atoms with Crippen LogP contribution >= 0.6 is 0 Å². The first-order valence-corrected chi connectivity index (χ1v) is 6.83. The van der Waals surface area contributed by atoms with Crippen LogP contribution in [-0.2, 0) is 9.53 Å². The molecule has 1 saturated carbocycles. The van der Waals surface area contributed by atoms with Crippen molar-refractivity contribution in [1.29, 1.82) is 0 Å². The van der Waals surface area contributed by atoms with Gasteiger partial charge in [-0.3, -0.25) is 14.9 Å². The number of amides is 1.